The van der Waals surface area contributed by atoms with Crippen LogP contribution in [0.3, 0.4) is 0 Å². The second kappa shape index (κ2) is 10.1. The largest absolute Gasteiger partial charge is 0.444 e. The number of nitrogens with zero attached hydrogens (tertiary/aromatic N) is 1. The molecule has 0 aromatic heterocycles. The summed E-state index contributed by atoms with van der Waals surface area (Å²) in [5.74, 6) is -1.01. The summed E-state index contributed by atoms with van der Waals surface area (Å²) in [6.45, 7) is 12.3. The quantitative estimate of drug-likeness (QED) is 0.552. The smallest absolute Gasteiger partial charge is 0.408 e. The number of benzene rings is 1. The molecule has 0 spiro atoms. The lowest BCUT2D eigenvalue weighted by atomic mass is 10.00. The summed E-state index contributed by atoms with van der Waals surface area (Å²) in [4.78, 5) is 38.7. The van der Waals surface area contributed by atoms with Crippen molar-refractivity contribution in [2.45, 2.75) is 72.1 Å². The Labute approximate surface area is 179 Å². The maximum Gasteiger partial charge on any atom is 0.408 e. The van der Waals surface area contributed by atoms with E-state index in [-0.39, 0.29) is 0 Å². The molecule has 1 aromatic carbocycles. The molecule has 3 amide bonds. The van der Waals surface area contributed by atoms with E-state index in [1.165, 1.54) is 0 Å². The van der Waals surface area contributed by atoms with Crippen molar-refractivity contribution in [3.05, 3.63) is 35.4 Å². The molecule has 0 fully saturated rings. The predicted octanol–water partition coefficient (Wildman–Crippen LogP) is 3.15. The molecule has 164 valence electrons. The van der Waals surface area contributed by atoms with E-state index in [4.69, 9.17) is 11.2 Å². The average Bonchev–Trinajstić information content (AvgIpc) is 2.61. The molecule has 7 heteroatoms. The van der Waals surface area contributed by atoms with Gasteiger partial charge >= 0.3 is 6.09 Å². The van der Waals surface area contributed by atoms with Gasteiger partial charge in [-0.25, -0.2) is 4.79 Å². The molecule has 30 heavy (non-hydrogen) atoms. The molecule has 2 N–H and O–H groups in total. The highest BCUT2D eigenvalue weighted by Gasteiger charge is 2.33. The highest BCUT2D eigenvalue weighted by Crippen LogP contribution is 2.23. The fourth-order valence-electron chi connectivity index (χ4n) is 2.63. The van der Waals surface area contributed by atoms with Crippen molar-refractivity contribution >= 4 is 17.9 Å². The Bertz CT molecular complexity index is 796. The Morgan fingerprint density at radius 3 is 2.10 bits per heavy atom. The fourth-order valence-corrected chi connectivity index (χ4v) is 2.63. The first-order chi connectivity index (χ1) is 13.8. The maximum absolute atomic E-state index is 13.0. The lowest BCUT2D eigenvalue weighted by molar-refractivity contribution is -0.137. The van der Waals surface area contributed by atoms with Crippen molar-refractivity contribution in [3.8, 4) is 12.5 Å². The van der Waals surface area contributed by atoms with E-state index < -0.39 is 41.6 Å². The van der Waals surface area contributed by atoms with Gasteiger partial charge in [-0.1, -0.05) is 37.6 Å². The minimum atomic E-state index is -1.03. The van der Waals surface area contributed by atoms with Crippen molar-refractivity contribution in [3.63, 3.8) is 0 Å². The van der Waals surface area contributed by atoms with Crippen LogP contribution in [0.25, 0.3) is 0 Å². The van der Waals surface area contributed by atoms with Crippen molar-refractivity contribution in [2.75, 3.05) is 6.54 Å². The molecule has 0 aliphatic carbocycles. The molecule has 0 aliphatic rings. The summed E-state index contributed by atoms with van der Waals surface area (Å²) in [5, 5.41) is 5.26. The number of nitrogens with one attached hydrogen (secondary N) is 2. The van der Waals surface area contributed by atoms with Crippen LogP contribution < -0.4 is 10.6 Å². The van der Waals surface area contributed by atoms with E-state index in [0.29, 0.717) is 5.56 Å². The van der Waals surface area contributed by atoms with Gasteiger partial charge < -0.3 is 15.4 Å². The highest BCUT2D eigenvalue weighted by atomic mass is 16.6. The normalized spacial score (nSPS) is 12.3. The lowest BCUT2D eigenvalue weighted by Gasteiger charge is -2.30. The van der Waals surface area contributed by atoms with Gasteiger partial charge in [0, 0.05) is 11.6 Å². The fraction of sp³-hybridized carbons (Fsp3) is 0.522. The zero-order valence-electron chi connectivity index (χ0n) is 19.0. The lowest BCUT2D eigenvalue weighted by Crippen LogP contribution is -2.49. The van der Waals surface area contributed by atoms with Crippen molar-refractivity contribution in [2.24, 2.45) is 0 Å². The molecular formula is C23H33N3O4. The van der Waals surface area contributed by atoms with Crippen LogP contribution in [0, 0.1) is 12.5 Å². The molecule has 1 rings (SSSR count). The van der Waals surface area contributed by atoms with E-state index in [2.05, 4.69) is 16.7 Å². The number of aryl methyl sites for hydroxylation is 1. The Morgan fingerprint density at radius 2 is 1.67 bits per heavy atom. The first-order valence-corrected chi connectivity index (χ1v) is 9.93. The van der Waals surface area contributed by atoms with Gasteiger partial charge in [-0.15, -0.1) is 0 Å². The van der Waals surface area contributed by atoms with Crippen molar-refractivity contribution < 1.29 is 19.1 Å². The third-order valence-corrected chi connectivity index (χ3v) is 3.90. The number of hydrogen-bond acceptors (Lipinski definition) is 4. The number of carbonyl (C=O) groups is 3. The van der Waals surface area contributed by atoms with Gasteiger partial charge in [-0.2, -0.15) is 0 Å². The van der Waals surface area contributed by atoms with Gasteiger partial charge in [0.05, 0.1) is 0 Å². The van der Waals surface area contributed by atoms with Crippen LogP contribution in [-0.4, -0.2) is 40.5 Å². The van der Waals surface area contributed by atoms with E-state index in [1.807, 2.05) is 39.8 Å². The van der Waals surface area contributed by atoms with Gasteiger partial charge in [-0.3, -0.25) is 14.5 Å². The highest BCUT2D eigenvalue weighted by molar-refractivity contribution is 5.91. The van der Waals surface area contributed by atoms with Crippen LogP contribution in [0.4, 0.5) is 4.79 Å². The molecule has 1 aromatic rings. The van der Waals surface area contributed by atoms with Crippen molar-refractivity contribution in [1.82, 2.24) is 15.5 Å². The molecule has 0 saturated heterocycles. The average molecular weight is 416 g/mol. The van der Waals surface area contributed by atoms with E-state index in [0.717, 1.165) is 16.9 Å². The number of carbonyl (C=O) groups excluding carboxylic acids is 3. The number of terminal acetylenes is 1. The Morgan fingerprint density at radius 1 is 1.10 bits per heavy atom. The molecule has 0 bridgehead atoms. The zero-order valence-corrected chi connectivity index (χ0v) is 19.0. The summed E-state index contributed by atoms with van der Waals surface area (Å²) in [5.41, 5.74) is 0.461. The maximum atomic E-state index is 13.0. The molecule has 1 atom stereocenters. The third-order valence-electron chi connectivity index (χ3n) is 3.90. The zero-order chi connectivity index (χ0) is 23.1. The van der Waals surface area contributed by atoms with Crippen molar-refractivity contribution in [1.29, 1.82) is 0 Å². The second-order valence-corrected chi connectivity index (χ2v) is 8.99. The van der Waals surface area contributed by atoms with Gasteiger partial charge in [-0.05, 0) is 59.1 Å². The van der Waals surface area contributed by atoms with Crippen LogP contribution in [0.5, 0.6) is 0 Å². The topological polar surface area (TPSA) is 87.7 Å². The van der Waals surface area contributed by atoms with E-state index in [9.17, 15) is 14.4 Å². The number of alkyl carbamates (subject to hydrolysis) is 1. The molecule has 0 aliphatic heterocycles. The molecule has 0 heterocycles. The second-order valence-electron chi connectivity index (χ2n) is 8.99. The monoisotopic (exact) mass is 415 g/mol. The number of ether oxygens (including phenoxy) is 1. The summed E-state index contributed by atoms with van der Waals surface area (Å²) in [6.07, 6.45) is 5.71. The molecule has 0 radical (unpaired) electrons. The molecule has 7 nitrogen and oxygen atoms in total. The third kappa shape index (κ3) is 8.16. The first-order valence-electron chi connectivity index (χ1n) is 9.93. The minimum Gasteiger partial charge on any atom is -0.444 e. The molecule has 1 unspecified atom stereocenters. The van der Waals surface area contributed by atoms with Crippen LogP contribution in [0.2, 0.25) is 0 Å². The first kappa shape index (κ1) is 25.0. The Hall–Kier alpha value is -3.01. The number of hydrogen-bond donors (Lipinski definition) is 2. The van der Waals surface area contributed by atoms with Crippen LogP contribution in [0.1, 0.15) is 65.6 Å². The van der Waals surface area contributed by atoms with E-state index in [1.54, 1.807) is 32.9 Å². The van der Waals surface area contributed by atoms with Crippen LogP contribution in [-0.2, 0) is 20.7 Å². The Balaban J connectivity index is 3.12. The number of rotatable bonds is 6. The molecular weight excluding hydrogens is 382 g/mol. The standard InChI is InChI=1S/C23H33N3O4/c1-9-16-11-13-17(14-12-16)19(20(28)25-22(3,4)5)26(10-2)18(27)15-24-21(29)30-23(6,7)8/h2,11-14,19H,9,15H2,1,3-8H3,(H,24,29)(H,25,28). The molecule has 0 saturated carbocycles. The van der Waals surface area contributed by atoms with Gasteiger partial charge in [0.15, 0.2) is 0 Å². The SMILES string of the molecule is C#CN(C(=O)CNC(=O)OC(C)(C)C)C(C(=O)NC(C)(C)C)c1ccc(CC)cc1. The predicted molar refractivity (Wildman–Crippen MR) is 116 cm³/mol. The van der Waals surface area contributed by atoms with Crippen LogP contribution >= 0.6 is 0 Å². The van der Waals surface area contributed by atoms with Gasteiger partial charge in [0.2, 0.25) is 5.91 Å². The summed E-state index contributed by atoms with van der Waals surface area (Å²) in [6, 6.07) is 8.62. The van der Waals surface area contributed by atoms with Gasteiger partial charge in [0.1, 0.15) is 18.2 Å². The minimum absolute atomic E-state index is 0.397. The van der Waals surface area contributed by atoms with Crippen LogP contribution in [0.15, 0.2) is 24.3 Å². The summed E-state index contributed by atoms with van der Waals surface area (Å²) < 4.78 is 5.13. The Kier molecular flexibility index (Phi) is 8.47. The van der Waals surface area contributed by atoms with Gasteiger partial charge in [0.25, 0.3) is 5.91 Å². The number of amides is 3. The summed E-state index contributed by atoms with van der Waals surface area (Å²) in [7, 11) is 0. The summed E-state index contributed by atoms with van der Waals surface area (Å²) >= 11 is 0. The van der Waals surface area contributed by atoms with E-state index >= 15 is 0 Å².